The van der Waals surface area contributed by atoms with E-state index in [-0.39, 0.29) is 17.3 Å². The molecule has 21 heavy (non-hydrogen) atoms. The van der Waals surface area contributed by atoms with Crippen LogP contribution in [0.2, 0.25) is 5.02 Å². The lowest BCUT2D eigenvalue weighted by Crippen LogP contribution is -2.19. The van der Waals surface area contributed by atoms with Crippen LogP contribution in [0.5, 0.6) is 0 Å². The highest BCUT2D eigenvalue weighted by Gasteiger charge is 2.29. The van der Waals surface area contributed by atoms with Gasteiger partial charge < -0.3 is 11.1 Å². The van der Waals surface area contributed by atoms with Crippen LogP contribution >= 0.6 is 11.6 Å². The first-order valence-electron chi connectivity index (χ1n) is 5.84. The van der Waals surface area contributed by atoms with E-state index in [2.05, 4.69) is 10.3 Å². The fourth-order valence-corrected chi connectivity index (χ4v) is 2.46. The summed E-state index contributed by atoms with van der Waals surface area (Å²) in [4.78, 5) is 15.4. The molecule has 2 aromatic rings. The number of halogens is 1. The Balaban J connectivity index is 2.21. The number of hydrogen-bond donors (Lipinski definition) is 2. The van der Waals surface area contributed by atoms with Crippen molar-refractivity contribution in [1.82, 2.24) is 9.55 Å². The maximum absolute atomic E-state index is 11.6. The van der Waals surface area contributed by atoms with Crippen molar-refractivity contribution >= 4 is 23.2 Å². The predicted octanol–water partition coefficient (Wildman–Crippen LogP) is 1.22. The number of hydrogen-bond acceptors (Lipinski definition) is 5. The molecule has 2 heterocycles. The molecule has 1 unspecified atom stereocenters. The molecule has 3 N–H and O–H groups in total. The number of rotatable bonds is 1. The molecule has 1 aliphatic rings. The highest BCUT2D eigenvalue weighted by Crippen LogP contribution is 2.36. The fourth-order valence-electron chi connectivity index (χ4n) is 2.20. The van der Waals surface area contributed by atoms with E-state index in [0.717, 1.165) is 0 Å². The summed E-state index contributed by atoms with van der Waals surface area (Å²) in [6.45, 7) is 0. The van der Waals surface area contributed by atoms with Crippen molar-refractivity contribution in [3.8, 4) is 17.8 Å². The molecule has 1 aromatic carbocycles. The molecule has 1 atom stereocenters. The number of nitriles is 2. The van der Waals surface area contributed by atoms with Crippen molar-refractivity contribution in [2.75, 3.05) is 5.32 Å². The van der Waals surface area contributed by atoms with Crippen LogP contribution in [0, 0.1) is 22.7 Å². The molecule has 1 aromatic heterocycles. The Labute approximate surface area is 124 Å². The van der Waals surface area contributed by atoms with Gasteiger partial charge in [-0.3, -0.25) is 9.36 Å². The third-order valence-electron chi connectivity index (χ3n) is 3.23. The minimum Gasteiger partial charge on any atom is -0.324 e. The zero-order valence-corrected chi connectivity index (χ0v) is 11.2. The van der Waals surface area contributed by atoms with Crippen molar-refractivity contribution in [1.29, 1.82) is 10.5 Å². The van der Waals surface area contributed by atoms with Gasteiger partial charge in [0.25, 0.3) is 0 Å². The van der Waals surface area contributed by atoms with E-state index in [1.54, 1.807) is 12.1 Å². The second-order valence-corrected chi connectivity index (χ2v) is 4.80. The Morgan fingerprint density at radius 3 is 2.81 bits per heavy atom. The summed E-state index contributed by atoms with van der Waals surface area (Å²) in [6.07, 6.45) is 1.33. The first-order chi connectivity index (χ1) is 10.1. The number of nitrogens with two attached hydrogens (primary N) is 1. The lowest BCUT2D eigenvalue weighted by atomic mass is 10.1. The monoisotopic (exact) mass is 298 g/mol. The largest absolute Gasteiger partial charge is 0.324 e. The lowest BCUT2D eigenvalue weighted by molar-refractivity contribution is -0.116. The number of aromatic nitrogens is 2. The smallest absolute Gasteiger partial charge is 0.245 e. The summed E-state index contributed by atoms with van der Waals surface area (Å²) < 4.78 is 1.40. The van der Waals surface area contributed by atoms with Gasteiger partial charge in [-0.15, -0.1) is 0 Å². The van der Waals surface area contributed by atoms with Gasteiger partial charge in [-0.25, -0.2) is 4.98 Å². The van der Waals surface area contributed by atoms with Crippen LogP contribution in [0.15, 0.2) is 18.5 Å². The molecule has 1 amide bonds. The Morgan fingerprint density at radius 1 is 1.38 bits per heavy atom. The van der Waals surface area contributed by atoms with Gasteiger partial charge in [0.2, 0.25) is 5.91 Å². The number of carbonyl (C=O) groups excluding carboxylic acids is 1. The summed E-state index contributed by atoms with van der Waals surface area (Å²) in [5, 5.41) is 21.0. The molecule has 0 saturated carbocycles. The molecule has 7 nitrogen and oxygen atoms in total. The third-order valence-corrected chi connectivity index (χ3v) is 3.54. The number of nitrogens with zero attached hydrogens (tertiary/aromatic N) is 4. The summed E-state index contributed by atoms with van der Waals surface area (Å²) >= 11 is 6.20. The third kappa shape index (κ3) is 1.84. The maximum Gasteiger partial charge on any atom is 0.245 e. The molecular weight excluding hydrogens is 292 g/mol. The molecule has 3 rings (SSSR count). The van der Waals surface area contributed by atoms with Gasteiger partial charge in [-0.05, 0) is 12.1 Å². The number of benzene rings is 1. The van der Waals surface area contributed by atoms with Crippen molar-refractivity contribution in [3.63, 3.8) is 0 Å². The molecule has 0 radical (unpaired) electrons. The summed E-state index contributed by atoms with van der Waals surface area (Å²) in [7, 11) is 0. The van der Waals surface area contributed by atoms with Crippen LogP contribution in [-0.4, -0.2) is 15.5 Å². The van der Waals surface area contributed by atoms with Crippen molar-refractivity contribution in [2.45, 2.75) is 6.04 Å². The zero-order valence-electron chi connectivity index (χ0n) is 10.5. The molecule has 0 aliphatic carbocycles. The standard InChI is InChI=1S/C13H7ClN6O/c14-7-1-6-8(19-13(21)12(6)17)2-10(7)20-5-18-9(3-15)11(20)4-16/h1-2,5,12H,17H2,(H,19,21). The molecule has 0 saturated heterocycles. The summed E-state index contributed by atoms with van der Waals surface area (Å²) in [5.41, 5.74) is 7.39. The quantitative estimate of drug-likeness (QED) is 0.820. The Morgan fingerprint density at radius 2 is 2.14 bits per heavy atom. The van der Waals surface area contributed by atoms with Gasteiger partial charge in [0.1, 0.15) is 24.5 Å². The molecule has 0 spiro atoms. The van der Waals surface area contributed by atoms with Crippen molar-refractivity contribution in [3.05, 3.63) is 40.4 Å². The second kappa shape index (κ2) is 4.60. The highest BCUT2D eigenvalue weighted by molar-refractivity contribution is 6.32. The molecule has 102 valence electrons. The van der Waals surface area contributed by atoms with Crippen LogP contribution in [0.3, 0.4) is 0 Å². The maximum atomic E-state index is 11.6. The average Bonchev–Trinajstić information content (AvgIpc) is 3.00. The van der Waals surface area contributed by atoms with Gasteiger partial charge in [0.05, 0.1) is 10.7 Å². The predicted molar refractivity (Wildman–Crippen MR) is 73.6 cm³/mol. The first kappa shape index (κ1) is 13.1. The number of imidazole rings is 1. The number of carbonyl (C=O) groups is 1. The van der Waals surface area contributed by atoms with Crippen molar-refractivity contribution < 1.29 is 4.79 Å². The molecule has 0 bridgehead atoms. The minimum atomic E-state index is -0.764. The minimum absolute atomic E-state index is 0.00908. The first-order valence-corrected chi connectivity index (χ1v) is 6.22. The van der Waals surface area contributed by atoms with Gasteiger partial charge in [0, 0.05) is 11.3 Å². The van der Waals surface area contributed by atoms with Crippen LogP contribution in [0.4, 0.5) is 5.69 Å². The van der Waals surface area contributed by atoms with Crippen molar-refractivity contribution in [2.24, 2.45) is 5.73 Å². The lowest BCUT2D eigenvalue weighted by Gasteiger charge is -2.10. The highest BCUT2D eigenvalue weighted by atomic mass is 35.5. The number of anilines is 1. The van der Waals surface area contributed by atoms with E-state index in [1.807, 2.05) is 12.1 Å². The Kier molecular flexibility index (Phi) is 2.88. The zero-order chi connectivity index (χ0) is 15.1. The van der Waals surface area contributed by atoms with Crippen LogP contribution < -0.4 is 11.1 Å². The molecule has 8 heteroatoms. The van der Waals surface area contributed by atoms with E-state index in [1.165, 1.54) is 10.9 Å². The van der Waals surface area contributed by atoms with E-state index >= 15 is 0 Å². The van der Waals surface area contributed by atoms with Crippen LogP contribution in [0.25, 0.3) is 5.69 Å². The molecular formula is C13H7ClN6O. The van der Waals surface area contributed by atoms with E-state index in [4.69, 9.17) is 27.9 Å². The number of nitrogens with one attached hydrogen (secondary N) is 1. The Hall–Kier alpha value is -2.87. The van der Waals surface area contributed by atoms with E-state index in [9.17, 15) is 4.79 Å². The second-order valence-electron chi connectivity index (χ2n) is 4.39. The SMILES string of the molecule is N#Cc1ncn(-c2cc3c(cc2Cl)C(N)C(=O)N3)c1C#N. The normalized spacial score (nSPS) is 16.0. The summed E-state index contributed by atoms with van der Waals surface area (Å²) in [5.74, 6) is -0.318. The van der Waals surface area contributed by atoms with Gasteiger partial charge >= 0.3 is 0 Å². The van der Waals surface area contributed by atoms with E-state index in [0.29, 0.717) is 22.0 Å². The Bertz CT molecular complexity index is 857. The van der Waals surface area contributed by atoms with E-state index < -0.39 is 6.04 Å². The van der Waals surface area contributed by atoms with Crippen LogP contribution in [-0.2, 0) is 4.79 Å². The van der Waals surface area contributed by atoms with Gasteiger partial charge in [-0.1, -0.05) is 11.6 Å². The molecule has 0 fully saturated rings. The number of fused-ring (bicyclic) bond motifs is 1. The fraction of sp³-hybridized carbons (Fsp3) is 0.0769. The van der Waals surface area contributed by atoms with Gasteiger partial charge in [-0.2, -0.15) is 10.5 Å². The van der Waals surface area contributed by atoms with Gasteiger partial charge in [0.15, 0.2) is 11.4 Å². The topological polar surface area (TPSA) is 121 Å². The van der Waals surface area contributed by atoms with Crippen LogP contribution in [0.1, 0.15) is 23.0 Å². The number of amides is 1. The molecule has 1 aliphatic heterocycles. The average molecular weight is 299 g/mol. The summed E-state index contributed by atoms with van der Waals surface area (Å²) in [6, 6.07) is 6.16.